The van der Waals surface area contributed by atoms with Crippen LogP contribution in [0.1, 0.15) is 37.8 Å². The molecular formula is C23H32ClN7O2. The van der Waals surface area contributed by atoms with Gasteiger partial charge in [0.15, 0.2) is 11.5 Å². The third-order valence-corrected chi connectivity index (χ3v) is 5.45. The van der Waals surface area contributed by atoms with Crippen molar-refractivity contribution >= 4 is 40.6 Å². The summed E-state index contributed by atoms with van der Waals surface area (Å²) in [6, 6.07) is 5.94. The smallest absolute Gasteiger partial charge is 0.407 e. The molecule has 2 heterocycles. The molecule has 0 fully saturated rings. The Morgan fingerprint density at radius 3 is 2.79 bits per heavy atom. The Balaban J connectivity index is 1.43. The lowest BCUT2D eigenvalue weighted by Crippen LogP contribution is -2.24. The van der Waals surface area contributed by atoms with Crippen molar-refractivity contribution in [1.29, 1.82) is 0 Å². The van der Waals surface area contributed by atoms with Crippen LogP contribution < -0.4 is 16.0 Å². The minimum absolute atomic E-state index is 0.319. The number of hydrogen-bond acceptors (Lipinski definition) is 7. The Labute approximate surface area is 199 Å². The van der Waals surface area contributed by atoms with E-state index in [0.29, 0.717) is 60.0 Å². The fraction of sp³-hybridized carbons (Fsp3) is 0.478. The summed E-state index contributed by atoms with van der Waals surface area (Å²) in [6.45, 7) is 5.68. The number of benzene rings is 1. The highest BCUT2D eigenvalue weighted by atomic mass is 35.5. The summed E-state index contributed by atoms with van der Waals surface area (Å²) in [5.74, 6) is 1.45. The van der Waals surface area contributed by atoms with Gasteiger partial charge in [0.1, 0.15) is 5.52 Å². The van der Waals surface area contributed by atoms with Gasteiger partial charge in [-0.15, -0.1) is 0 Å². The molecule has 0 radical (unpaired) electrons. The Kier molecular flexibility index (Phi) is 8.32. The third kappa shape index (κ3) is 6.71. The molecule has 0 atom stereocenters. The van der Waals surface area contributed by atoms with Gasteiger partial charge in [0, 0.05) is 32.2 Å². The topological polar surface area (TPSA) is 111 Å². The second-order valence-electron chi connectivity index (χ2n) is 8.63. The number of carbonyl (C=O) groups excluding carboxylic acids is 1. The van der Waals surface area contributed by atoms with Crippen molar-refractivity contribution in [2.24, 2.45) is 5.92 Å². The van der Waals surface area contributed by atoms with Gasteiger partial charge in [0.25, 0.3) is 0 Å². The number of amides is 1. The van der Waals surface area contributed by atoms with Gasteiger partial charge in [0.2, 0.25) is 5.95 Å². The number of aryl methyl sites for hydroxylation is 1. The monoisotopic (exact) mass is 473 g/mol. The number of nitrogens with two attached hydrogens (primary N) is 1. The minimum atomic E-state index is -0.454. The number of nitrogens with one attached hydrogen (secondary N) is 1. The van der Waals surface area contributed by atoms with Crippen LogP contribution in [-0.2, 0) is 24.2 Å². The van der Waals surface area contributed by atoms with Crippen molar-refractivity contribution < 1.29 is 9.53 Å². The maximum Gasteiger partial charge on any atom is 0.407 e. The first-order valence-corrected chi connectivity index (χ1v) is 11.5. The van der Waals surface area contributed by atoms with Gasteiger partial charge in [-0.05, 0) is 42.4 Å². The molecule has 178 valence electrons. The van der Waals surface area contributed by atoms with E-state index in [1.165, 1.54) is 5.56 Å². The van der Waals surface area contributed by atoms with Crippen molar-refractivity contribution in [3.05, 3.63) is 40.7 Å². The fourth-order valence-electron chi connectivity index (χ4n) is 3.45. The third-order valence-electron chi connectivity index (χ3n) is 5.08. The molecule has 1 amide bonds. The Hall–Kier alpha value is -3.07. The molecule has 0 unspecified atom stereocenters. The van der Waals surface area contributed by atoms with Gasteiger partial charge in [-0.2, -0.15) is 9.97 Å². The number of nitrogens with zero attached hydrogens (tertiary/aromatic N) is 5. The number of rotatable bonds is 10. The SMILES string of the molecule is CC(C)Cc1ccc(Cl)c(CNC(=O)OCCCCn2cnc3c(N)nc(N(C)C)nc32)c1. The number of ether oxygens (including phenoxy) is 1. The van der Waals surface area contributed by atoms with Crippen LogP contribution in [-0.4, -0.2) is 46.3 Å². The molecule has 33 heavy (non-hydrogen) atoms. The van der Waals surface area contributed by atoms with E-state index in [-0.39, 0.29) is 0 Å². The van der Waals surface area contributed by atoms with Crippen LogP contribution in [0.5, 0.6) is 0 Å². The van der Waals surface area contributed by atoms with Gasteiger partial charge in [-0.1, -0.05) is 37.6 Å². The lowest BCUT2D eigenvalue weighted by molar-refractivity contribution is 0.143. The average molecular weight is 474 g/mol. The van der Waals surface area contributed by atoms with Crippen LogP contribution in [0.2, 0.25) is 5.02 Å². The number of carbonyl (C=O) groups is 1. The van der Waals surface area contributed by atoms with Crippen LogP contribution in [0.3, 0.4) is 0 Å². The summed E-state index contributed by atoms with van der Waals surface area (Å²) < 4.78 is 7.24. The summed E-state index contributed by atoms with van der Waals surface area (Å²) in [5, 5.41) is 3.41. The molecule has 0 bridgehead atoms. The number of imidazole rings is 1. The molecule has 0 saturated heterocycles. The number of fused-ring (bicyclic) bond motifs is 1. The molecule has 3 aromatic rings. The predicted octanol–water partition coefficient (Wildman–Crippen LogP) is 4.03. The summed E-state index contributed by atoms with van der Waals surface area (Å²) in [5.41, 5.74) is 9.38. The van der Waals surface area contributed by atoms with Crippen molar-refractivity contribution in [3.8, 4) is 0 Å². The Bertz CT molecular complexity index is 1100. The van der Waals surface area contributed by atoms with E-state index in [2.05, 4.69) is 34.1 Å². The molecule has 3 N–H and O–H groups in total. The molecule has 10 heteroatoms. The van der Waals surface area contributed by atoms with Crippen molar-refractivity contribution in [3.63, 3.8) is 0 Å². The van der Waals surface area contributed by atoms with Gasteiger partial charge < -0.3 is 25.3 Å². The highest BCUT2D eigenvalue weighted by molar-refractivity contribution is 6.31. The number of alkyl carbamates (subject to hydrolysis) is 1. The Morgan fingerprint density at radius 2 is 2.06 bits per heavy atom. The number of aromatic nitrogens is 4. The first-order valence-electron chi connectivity index (χ1n) is 11.1. The lowest BCUT2D eigenvalue weighted by atomic mass is 10.0. The molecule has 3 rings (SSSR count). The number of nitrogen functional groups attached to an aromatic ring is 1. The normalized spacial score (nSPS) is 11.2. The second kappa shape index (κ2) is 11.2. The second-order valence-corrected chi connectivity index (χ2v) is 9.04. The molecule has 9 nitrogen and oxygen atoms in total. The zero-order valence-electron chi connectivity index (χ0n) is 19.6. The first-order chi connectivity index (χ1) is 15.7. The minimum Gasteiger partial charge on any atom is -0.450 e. The van der Waals surface area contributed by atoms with E-state index in [1.54, 1.807) is 11.2 Å². The zero-order valence-corrected chi connectivity index (χ0v) is 20.4. The summed E-state index contributed by atoms with van der Waals surface area (Å²) in [7, 11) is 3.72. The zero-order chi connectivity index (χ0) is 24.0. The van der Waals surface area contributed by atoms with Crippen molar-refractivity contribution in [1.82, 2.24) is 24.8 Å². The van der Waals surface area contributed by atoms with E-state index in [0.717, 1.165) is 18.4 Å². The highest BCUT2D eigenvalue weighted by Crippen LogP contribution is 2.20. The molecule has 0 aliphatic rings. The maximum absolute atomic E-state index is 12.1. The van der Waals surface area contributed by atoms with Gasteiger partial charge in [-0.3, -0.25) is 0 Å². The molecule has 0 aliphatic carbocycles. The number of halogens is 1. The van der Waals surface area contributed by atoms with Gasteiger partial charge in [-0.25, -0.2) is 9.78 Å². The number of unbranched alkanes of at least 4 members (excludes halogenated alkanes) is 1. The van der Waals surface area contributed by atoms with Crippen molar-refractivity contribution in [2.75, 3.05) is 31.3 Å². The Morgan fingerprint density at radius 1 is 1.27 bits per heavy atom. The molecular weight excluding hydrogens is 442 g/mol. The van der Waals surface area contributed by atoms with E-state index in [9.17, 15) is 4.79 Å². The molecule has 0 spiro atoms. The summed E-state index contributed by atoms with van der Waals surface area (Å²) >= 11 is 6.27. The molecule has 2 aromatic heterocycles. The van der Waals surface area contributed by atoms with E-state index in [4.69, 9.17) is 22.1 Å². The predicted molar refractivity (Wildman–Crippen MR) is 131 cm³/mol. The first kappa shape index (κ1) is 24.6. The van der Waals surface area contributed by atoms with Crippen LogP contribution in [0, 0.1) is 5.92 Å². The van der Waals surface area contributed by atoms with Gasteiger partial charge >= 0.3 is 6.09 Å². The highest BCUT2D eigenvalue weighted by Gasteiger charge is 2.12. The standard InChI is InChI=1S/C23H32ClN7O2/c1-15(2)11-16-7-8-18(24)17(12-16)13-26-23(32)33-10-6-5-9-31-14-27-19-20(25)28-22(30(3)4)29-21(19)31/h7-8,12,14-15H,5-6,9-11,13H2,1-4H3,(H,26,32)(H2,25,28,29). The summed E-state index contributed by atoms with van der Waals surface area (Å²) in [6.07, 6.45) is 3.72. The largest absolute Gasteiger partial charge is 0.450 e. The lowest BCUT2D eigenvalue weighted by Gasteiger charge is -2.12. The van der Waals surface area contributed by atoms with Crippen LogP contribution in [0.4, 0.5) is 16.6 Å². The fourth-order valence-corrected chi connectivity index (χ4v) is 3.63. The quantitative estimate of drug-likeness (QED) is 0.427. The summed E-state index contributed by atoms with van der Waals surface area (Å²) in [4.78, 5) is 27.0. The van der Waals surface area contributed by atoms with Crippen LogP contribution in [0.25, 0.3) is 11.2 Å². The number of anilines is 2. The van der Waals surface area contributed by atoms with Gasteiger partial charge in [0.05, 0.1) is 12.9 Å². The molecule has 1 aromatic carbocycles. The molecule has 0 aliphatic heterocycles. The van der Waals surface area contributed by atoms with Crippen LogP contribution in [0.15, 0.2) is 24.5 Å². The number of hydrogen-bond donors (Lipinski definition) is 2. The maximum atomic E-state index is 12.1. The van der Waals surface area contributed by atoms with E-state index in [1.807, 2.05) is 36.9 Å². The average Bonchev–Trinajstić information content (AvgIpc) is 3.17. The van der Waals surface area contributed by atoms with E-state index < -0.39 is 6.09 Å². The molecule has 0 saturated carbocycles. The van der Waals surface area contributed by atoms with Crippen molar-refractivity contribution in [2.45, 2.75) is 46.2 Å². The van der Waals surface area contributed by atoms with E-state index >= 15 is 0 Å². The van der Waals surface area contributed by atoms with Crippen LogP contribution >= 0.6 is 11.6 Å².